The van der Waals surface area contributed by atoms with Gasteiger partial charge in [0.1, 0.15) is 6.61 Å². The van der Waals surface area contributed by atoms with Gasteiger partial charge in [-0.25, -0.2) is 0 Å². The summed E-state index contributed by atoms with van der Waals surface area (Å²) >= 11 is 4.85. The molecule has 1 saturated heterocycles. The number of methoxy groups -OCH3 is 1. The number of ether oxygens (including phenoxy) is 2. The number of benzene rings is 1. The van der Waals surface area contributed by atoms with E-state index in [-0.39, 0.29) is 5.91 Å². The van der Waals surface area contributed by atoms with E-state index in [0.29, 0.717) is 28.2 Å². The minimum atomic E-state index is -0.0755. The number of likely N-dealkylation sites (N-methyl/N-ethyl adjacent to an activating group) is 1. The van der Waals surface area contributed by atoms with E-state index in [1.165, 1.54) is 16.7 Å². The number of carbonyl (C=O) groups excluding carboxylic acids is 1. The molecule has 2 rings (SSSR count). The summed E-state index contributed by atoms with van der Waals surface area (Å²) in [7, 11) is 4.95. The first-order valence-electron chi connectivity index (χ1n) is 6.77. The van der Waals surface area contributed by atoms with Gasteiger partial charge in [0.15, 0.2) is 16.7 Å². The van der Waals surface area contributed by atoms with Crippen LogP contribution in [-0.2, 0) is 4.79 Å². The van der Waals surface area contributed by atoms with Crippen LogP contribution >= 0.6 is 27.7 Å². The van der Waals surface area contributed by atoms with Crippen molar-refractivity contribution in [3.05, 3.63) is 39.7 Å². The Labute approximate surface area is 148 Å². The molecule has 1 aromatic carbocycles. The number of aliphatic imine (C=N–C) groups is 1. The summed E-state index contributed by atoms with van der Waals surface area (Å²) in [5, 5.41) is 0.676. The van der Waals surface area contributed by atoms with E-state index in [2.05, 4.69) is 27.5 Å². The highest BCUT2D eigenvalue weighted by molar-refractivity contribution is 9.10. The topological polar surface area (TPSA) is 51.1 Å². The molecule has 5 nitrogen and oxygen atoms in total. The monoisotopic (exact) mass is 396 g/mol. The molecular weight excluding hydrogens is 380 g/mol. The van der Waals surface area contributed by atoms with Gasteiger partial charge in [-0.05, 0) is 35.5 Å². The van der Waals surface area contributed by atoms with Crippen molar-refractivity contribution in [2.45, 2.75) is 0 Å². The summed E-state index contributed by atoms with van der Waals surface area (Å²) < 4.78 is 11.7. The van der Waals surface area contributed by atoms with E-state index in [1.54, 1.807) is 27.3 Å². The van der Waals surface area contributed by atoms with Crippen molar-refractivity contribution in [2.75, 3.05) is 27.8 Å². The molecule has 1 aromatic rings. The number of hydrogen-bond acceptors (Lipinski definition) is 5. The van der Waals surface area contributed by atoms with E-state index in [0.717, 1.165) is 10.0 Å². The Bertz CT molecular complexity index is 701. The van der Waals surface area contributed by atoms with Crippen LogP contribution < -0.4 is 9.47 Å². The number of thioether (sulfide) groups is 1. The van der Waals surface area contributed by atoms with Crippen molar-refractivity contribution >= 4 is 44.8 Å². The minimum Gasteiger partial charge on any atom is -0.493 e. The van der Waals surface area contributed by atoms with Crippen LogP contribution in [0.2, 0.25) is 0 Å². The van der Waals surface area contributed by atoms with Gasteiger partial charge in [0.05, 0.1) is 12.0 Å². The van der Waals surface area contributed by atoms with Gasteiger partial charge in [-0.2, -0.15) is 0 Å². The van der Waals surface area contributed by atoms with Crippen LogP contribution in [0.5, 0.6) is 11.5 Å². The summed E-state index contributed by atoms with van der Waals surface area (Å²) in [5.74, 6) is 1.13. The molecule has 1 heterocycles. The molecule has 0 radical (unpaired) electrons. The van der Waals surface area contributed by atoms with Crippen molar-refractivity contribution in [1.82, 2.24) is 4.90 Å². The molecule has 122 valence electrons. The predicted octanol–water partition coefficient (Wildman–Crippen LogP) is 3.55. The predicted molar refractivity (Wildman–Crippen MR) is 98.1 cm³/mol. The summed E-state index contributed by atoms with van der Waals surface area (Å²) in [6.45, 7) is 4.01. The molecule has 0 spiro atoms. The standard InChI is InChI=1S/C16H17BrN2O3S/c1-5-6-22-13-9-11(17)10(7-12(13)21-4)8-14-15(20)19(3)16(18-2)23-14/h5,7-9H,1,6H2,2-4H3/b14-8+,18-16?. The Morgan fingerprint density at radius 1 is 1.43 bits per heavy atom. The Morgan fingerprint density at radius 2 is 2.17 bits per heavy atom. The molecule has 0 aliphatic carbocycles. The van der Waals surface area contributed by atoms with Gasteiger partial charge >= 0.3 is 0 Å². The van der Waals surface area contributed by atoms with Crippen LogP contribution in [0.25, 0.3) is 6.08 Å². The van der Waals surface area contributed by atoms with E-state index in [9.17, 15) is 4.79 Å². The summed E-state index contributed by atoms with van der Waals surface area (Å²) in [6.07, 6.45) is 3.48. The molecule has 0 atom stereocenters. The number of nitrogens with zero attached hydrogens (tertiary/aromatic N) is 2. The zero-order valence-corrected chi connectivity index (χ0v) is 15.5. The molecule has 1 fully saturated rings. The molecular formula is C16H17BrN2O3S. The first-order chi connectivity index (χ1) is 11.0. The van der Waals surface area contributed by atoms with Crippen molar-refractivity contribution in [2.24, 2.45) is 4.99 Å². The van der Waals surface area contributed by atoms with Crippen LogP contribution in [0.15, 0.2) is 39.2 Å². The van der Waals surface area contributed by atoms with E-state index >= 15 is 0 Å². The molecule has 0 bridgehead atoms. The molecule has 7 heteroatoms. The minimum absolute atomic E-state index is 0.0755. The van der Waals surface area contributed by atoms with Crippen LogP contribution in [0.4, 0.5) is 0 Å². The second-order valence-corrected chi connectivity index (χ2v) is 6.47. The lowest BCUT2D eigenvalue weighted by Crippen LogP contribution is -2.23. The van der Waals surface area contributed by atoms with Gasteiger partial charge in [0.25, 0.3) is 5.91 Å². The normalized spacial score (nSPS) is 17.9. The Balaban J connectivity index is 2.39. The molecule has 0 saturated carbocycles. The van der Waals surface area contributed by atoms with Gasteiger partial charge in [-0.3, -0.25) is 14.7 Å². The lowest BCUT2D eigenvalue weighted by atomic mass is 10.2. The fraction of sp³-hybridized carbons (Fsp3) is 0.250. The summed E-state index contributed by atoms with van der Waals surface area (Å²) in [5.41, 5.74) is 0.828. The molecule has 0 N–H and O–H groups in total. The summed E-state index contributed by atoms with van der Waals surface area (Å²) in [6, 6.07) is 3.64. The summed E-state index contributed by atoms with van der Waals surface area (Å²) in [4.78, 5) is 18.5. The average Bonchev–Trinajstić information content (AvgIpc) is 2.82. The number of carbonyl (C=O) groups is 1. The number of hydrogen-bond donors (Lipinski definition) is 0. The zero-order chi connectivity index (χ0) is 17.0. The van der Waals surface area contributed by atoms with Crippen LogP contribution in [0.3, 0.4) is 0 Å². The van der Waals surface area contributed by atoms with Gasteiger partial charge in [-0.15, -0.1) is 0 Å². The Morgan fingerprint density at radius 3 is 2.74 bits per heavy atom. The lowest BCUT2D eigenvalue weighted by Gasteiger charge is -2.11. The highest BCUT2D eigenvalue weighted by atomic mass is 79.9. The van der Waals surface area contributed by atoms with Gasteiger partial charge in [0, 0.05) is 18.6 Å². The fourth-order valence-electron chi connectivity index (χ4n) is 1.97. The lowest BCUT2D eigenvalue weighted by molar-refractivity contribution is -0.121. The van der Waals surface area contributed by atoms with Gasteiger partial charge < -0.3 is 9.47 Å². The van der Waals surface area contributed by atoms with E-state index < -0.39 is 0 Å². The maximum absolute atomic E-state index is 12.2. The average molecular weight is 397 g/mol. The zero-order valence-electron chi connectivity index (χ0n) is 13.1. The molecule has 0 unspecified atom stereocenters. The third-order valence-electron chi connectivity index (χ3n) is 3.12. The fourth-order valence-corrected chi connectivity index (χ4v) is 3.33. The van der Waals surface area contributed by atoms with Crippen molar-refractivity contribution in [3.8, 4) is 11.5 Å². The second-order valence-electron chi connectivity index (χ2n) is 4.61. The third kappa shape index (κ3) is 3.79. The first-order valence-corrected chi connectivity index (χ1v) is 8.38. The number of amidine groups is 1. The highest BCUT2D eigenvalue weighted by Gasteiger charge is 2.30. The number of amides is 1. The number of rotatable bonds is 5. The van der Waals surface area contributed by atoms with Crippen LogP contribution in [0.1, 0.15) is 5.56 Å². The van der Waals surface area contributed by atoms with E-state index in [1.807, 2.05) is 18.2 Å². The van der Waals surface area contributed by atoms with Gasteiger partial charge in [0.2, 0.25) is 0 Å². The van der Waals surface area contributed by atoms with Crippen molar-refractivity contribution in [1.29, 1.82) is 0 Å². The maximum Gasteiger partial charge on any atom is 0.266 e. The molecule has 23 heavy (non-hydrogen) atoms. The van der Waals surface area contributed by atoms with Crippen molar-refractivity contribution < 1.29 is 14.3 Å². The SMILES string of the molecule is C=CCOc1cc(Br)c(/C=C2/SC(=NC)N(C)C2=O)cc1OC. The molecule has 1 aliphatic heterocycles. The Kier molecular flexibility index (Phi) is 5.90. The van der Waals surface area contributed by atoms with Crippen LogP contribution in [-0.4, -0.2) is 43.8 Å². The Hall–Kier alpha value is -1.73. The smallest absolute Gasteiger partial charge is 0.266 e. The van der Waals surface area contributed by atoms with E-state index in [4.69, 9.17) is 9.47 Å². The molecule has 0 aromatic heterocycles. The maximum atomic E-state index is 12.2. The van der Waals surface area contributed by atoms with Gasteiger partial charge in [-0.1, -0.05) is 28.6 Å². The highest BCUT2D eigenvalue weighted by Crippen LogP contribution is 2.37. The number of halogens is 1. The molecule has 1 amide bonds. The van der Waals surface area contributed by atoms with Crippen molar-refractivity contribution in [3.63, 3.8) is 0 Å². The first kappa shape index (κ1) is 17.6. The largest absolute Gasteiger partial charge is 0.493 e. The molecule has 1 aliphatic rings. The third-order valence-corrected chi connectivity index (χ3v) is 4.96. The van der Waals surface area contributed by atoms with Crippen LogP contribution in [0, 0.1) is 0 Å². The second kappa shape index (κ2) is 7.70. The quantitative estimate of drug-likeness (QED) is 0.563.